The van der Waals surface area contributed by atoms with Crippen LogP contribution in [-0.4, -0.2) is 50.5 Å². The number of primary amides is 1. The third-order valence-electron chi connectivity index (χ3n) is 5.33. The summed E-state index contributed by atoms with van der Waals surface area (Å²) in [7, 11) is -3.85. The fourth-order valence-electron chi connectivity index (χ4n) is 3.61. The highest BCUT2D eigenvalue weighted by Gasteiger charge is 2.33. The number of rotatable bonds is 11. The minimum Gasteiger partial charge on any atom is -0.454 e. The molecule has 2 aromatic rings. The molecule has 11 nitrogen and oxygen atoms in total. The van der Waals surface area contributed by atoms with Crippen molar-refractivity contribution in [3.63, 3.8) is 0 Å². The molecule has 0 radical (unpaired) electrons. The molecule has 0 saturated carbocycles. The highest BCUT2D eigenvalue weighted by molar-refractivity contribution is 7.92. The van der Waals surface area contributed by atoms with E-state index >= 15 is 0 Å². The standard InChI is InChI=1S/C22H29N3O8S/c1-13(2)21(34(28,29)16-7-8-18-20(10-16)31-12-30-18)25-11-17(26)19(32-22(23)27)9-14-3-5-15(33-24)6-4-14/h3-8,10,13,17,19,21,25-26H,9,11-12,24H2,1-2H3,(H2,23,27). The maximum atomic E-state index is 13.3. The molecule has 1 aliphatic rings. The molecular formula is C22H29N3O8S. The Balaban J connectivity index is 1.73. The lowest BCUT2D eigenvalue weighted by molar-refractivity contribution is 0.00665. The molecule has 0 aliphatic carbocycles. The second-order valence-corrected chi connectivity index (χ2v) is 10.2. The fraction of sp³-hybridized carbons (Fsp3) is 0.409. The summed E-state index contributed by atoms with van der Waals surface area (Å²) in [5, 5.41) is 12.6. The van der Waals surface area contributed by atoms with Crippen molar-refractivity contribution >= 4 is 15.9 Å². The van der Waals surface area contributed by atoms with Crippen LogP contribution in [0.4, 0.5) is 4.79 Å². The van der Waals surface area contributed by atoms with Crippen molar-refractivity contribution in [1.29, 1.82) is 0 Å². The Bertz CT molecular complexity index is 1090. The normalized spacial score (nSPS) is 15.6. The Morgan fingerprint density at radius 2 is 1.82 bits per heavy atom. The Hall–Kier alpha value is -3.06. The van der Waals surface area contributed by atoms with E-state index in [1.165, 1.54) is 12.1 Å². The number of carbonyl (C=O) groups is 1. The number of hydrogen-bond acceptors (Lipinski definition) is 10. The summed E-state index contributed by atoms with van der Waals surface area (Å²) in [6.07, 6.45) is -3.18. The minimum atomic E-state index is -3.85. The van der Waals surface area contributed by atoms with Gasteiger partial charge in [-0.05, 0) is 35.7 Å². The molecule has 3 rings (SSSR count). The van der Waals surface area contributed by atoms with Crippen LogP contribution in [-0.2, 0) is 21.0 Å². The Morgan fingerprint density at radius 3 is 2.44 bits per heavy atom. The first-order chi connectivity index (χ1) is 16.1. The zero-order valence-corrected chi connectivity index (χ0v) is 19.7. The third kappa shape index (κ3) is 6.08. The number of nitrogens with one attached hydrogen (secondary N) is 1. The average Bonchev–Trinajstić information content (AvgIpc) is 3.26. The quantitative estimate of drug-likeness (QED) is 0.330. The Kier molecular flexibility index (Phi) is 8.20. The minimum absolute atomic E-state index is 0.0279. The molecule has 0 aromatic heterocycles. The molecule has 2 aromatic carbocycles. The molecule has 3 atom stereocenters. The van der Waals surface area contributed by atoms with E-state index in [9.17, 15) is 18.3 Å². The second kappa shape index (κ2) is 10.9. The second-order valence-electron chi connectivity index (χ2n) is 8.14. The maximum absolute atomic E-state index is 13.3. The molecule has 186 valence electrons. The number of fused-ring (bicyclic) bond motifs is 1. The van der Waals surface area contributed by atoms with Crippen molar-refractivity contribution in [1.82, 2.24) is 5.32 Å². The third-order valence-corrected chi connectivity index (χ3v) is 7.62. The van der Waals surface area contributed by atoms with Gasteiger partial charge in [0.1, 0.15) is 23.3 Å². The summed E-state index contributed by atoms with van der Waals surface area (Å²) in [6.45, 7) is 3.34. The molecule has 1 aliphatic heterocycles. The van der Waals surface area contributed by atoms with Crippen LogP contribution in [0.2, 0.25) is 0 Å². The SMILES string of the molecule is CC(C)C(NCC(O)C(Cc1ccc(ON)cc1)OC(N)=O)S(=O)(=O)c1ccc2c(c1)OCO2. The van der Waals surface area contributed by atoms with Crippen molar-refractivity contribution in [3.8, 4) is 17.2 Å². The zero-order valence-electron chi connectivity index (χ0n) is 18.8. The van der Waals surface area contributed by atoms with E-state index in [1.807, 2.05) is 0 Å². The number of carbonyl (C=O) groups excluding carboxylic acids is 1. The zero-order chi connectivity index (χ0) is 24.9. The number of benzene rings is 2. The van der Waals surface area contributed by atoms with E-state index in [-0.39, 0.29) is 30.6 Å². The van der Waals surface area contributed by atoms with Gasteiger partial charge in [-0.15, -0.1) is 0 Å². The predicted octanol–water partition coefficient (Wildman–Crippen LogP) is 1.08. The Labute approximate surface area is 197 Å². The molecule has 1 heterocycles. The predicted molar refractivity (Wildman–Crippen MR) is 122 cm³/mol. The molecule has 3 unspecified atom stereocenters. The average molecular weight is 496 g/mol. The van der Waals surface area contributed by atoms with Crippen LogP contribution in [0.5, 0.6) is 17.2 Å². The Morgan fingerprint density at radius 1 is 1.15 bits per heavy atom. The van der Waals surface area contributed by atoms with Crippen LogP contribution < -0.4 is 31.3 Å². The van der Waals surface area contributed by atoms with Crippen molar-refractivity contribution in [2.75, 3.05) is 13.3 Å². The lowest BCUT2D eigenvalue weighted by Crippen LogP contribution is -2.48. The van der Waals surface area contributed by atoms with Crippen LogP contribution in [0, 0.1) is 5.92 Å². The van der Waals surface area contributed by atoms with E-state index in [4.69, 9.17) is 25.8 Å². The largest absolute Gasteiger partial charge is 0.454 e. The van der Waals surface area contributed by atoms with Gasteiger partial charge in [0.15, 0.2) is 21.3 Å². The number of sulfone groups is 1. The topological polar surface area (TPSA) is 172 Å². The molecule has 1 amide bonds. The lowest BCUT2D eigenvalue weighted by Gasteiger charge is -2.27. The maximum Gasteiger partial charge on any atom is 0.404 e. The molecule has 0 spiro atoms. The van der Waals surface area contributed by atoms with Gasteiger partial charge in [0.05, 0.1) is 4.90 Å². The number of amides is 1. The van der Waals surface area contributed by atoms with E-state index in [2.05, 4.69) is 10.2 Å². The van der Waals surface area contributed by atoms with Crippen LogP contribution in [0.1, 0.15) is 19.4 Å². The van der Waals surface area contributed by atoms with Gasteiger partial charge in [0, 0.05) is 19.0 Å². The first-order valence-electron chi connectivity index (χ1n) is 10.6. The highest BCUT2D eigenvalue weighted by atomic mass is 32.2. The number of ether oxygens (including phenoxy) is 3. The number of aliphatic hydroxyl groups is 1. The van der Waals surface area contributed by atoms with Gasteiger partial charge in [-0.3, -0.25) is 5.32 Å². The number of hydrogen-bond donors (Lipinski definition) is 4. The summed E-state index contributed by atoms with van der Waals surface area (Å²) in [5.41, 5.74) is 5.90. The van der Waals surface area contributed by atoms with Gasteiger partial charge in [-0.1, -0.05) is 26.0 Å². The fourth-order valence-corrected chi connectivity index (χ4v) is 5.47. The van der Waals surface area contributed by atoms with Crippen LogP contribution in [0.3, 0.4) is 0 Å². The first-order valence-corrected chi connectivity index (χ1v) is 12.1. The molecule has 34 heavy (non-hydrogen) atoms. The molecule has 12 heteroatoms. The van der Waals surface area contributed by atoms with Crippen LogP contribution >= 0.6 is 0 Å². The van der Waals surface area contributed by atoms with Crippen molar-refractivity contribution in [3.05, 3.63) is 48.0 Å². The van der Waals surface area contributed by atoms with Gasteiger partial charge >= 0.3 is 6.09 Å². The van der Waals surface area contributed by atoms with E-state index in [1.54, 1.807) is 44.2 Å². The first kappa shape index (κ1) is 25.6. The number of nitrogens with two attached hydrogens (primary N) is 2. The van der Waals surface area contributed by atoms with Gasteiger partial charge < -0.3 is 29.9 Å². The van der Waals surface area contributed by atoms with Gasteiger partial charge in [0.2, 0.25) is 6.79 Å². The smallest absolute Gasteiger partial charge is 0.404 e. The summed E-state index contributed by atoms with van der Waals surface area (Å²) in [6, 6.07) is 11.0. The summed E-state index contributed by atoms with van der Waals surface area (Å²) >= 11 is 0. The van der Waals surface area contributed by atoms with Gasteiger partial charge in [-0.25, -0.2) is 13.2 Å². The van der Waals surface area contributed by atoms with E-state index < -0.39 is 33.5 Å². The van der Waals surface area contributed by atoms with Crippen molar-refractivity contribution < 1.29 is 37.4 Å². The van der Waals surface area contributed by atoms with Crippen LogP contribution in [0.15, 0.2) is 47.4 Å². The van der Waals surface area contributed by atoms with E-state index in [0.717, 1.165) is 5.56 Å². The molecule has 0 bridgehead atoms. The summed E-state index contributed by atoms with van der Waals surface area (Å²) in [5.74, 6) is 6.03. The summed E-state index contributed by atoms with van der Waals surface area (Å²) < 4.78 is 42.3. The molecule has 0 fully saturated rings. The van der Waals surface area contributed by atoms with Crippen LogP contribution in [0.25, 0.3) is 0 Å². The van der Waals surface area contributed by atoms with Crippen molar-refractivity contribution in [2.24, 2.45) is 17.5 Å². The van der Waals surface area contributed by atoms with Crippen molar-refractivity contribution in [2.45, 2.75) is 42.7 Å². The van der Waals surface area contributed by atoms with Gasteiger partial charge in [-0.2, -0.15) is 5.90 Å². The lowest BCUT2D eigenvalue weighted by atomic mass is 10.0. The van der Waals surface area contributed by atoms with Gasteiger partial charge in [0.25, 0.3) is 0 Å². The van der Waals surface area contributed by atoms with E-state index in [0.29, 0.717) is 17.2 Å². The number of aliphatic hydroxyl groups excluding tert-OH is 1. The molecule has 6 N–H and O–H groups in total. The molecule has 0 saturated heterocycles. The highest BCUT2D eigenvalue weighted by Crippen LogP contribution is 2.35. The molecular weight excluding hydrogens is 466 g/mol. The summed E-state index contributed by atoms with van der Waals surface area (Å²) in [4.78, 5) is 16.1. The monoisotopic (exact) mass is 495 g/mol.